The van der Waals surface area contributed by atoms with Gasteiger partial charge in [-0.25, -0.2) is 0 Å². The molecular weight excluding hydrogens is 288 g/mol. The summed E-state index contributed by atoms with van der Waals surface area (Å²) in [6, 6.07) is 2.83. The third-order valence-corrected chi connectivity index (χ3v) is 3.47. The van der Waals surface area contributed by atoms with Crippen LogP contribution in [0.25, 0.3) is 0 Å². The first-order chi connectivity index (χ1) is 10.6. The average molecular weight is 304 g/mol. The predicted octanol–water partition coefficient (Wildman–Crippen LogP) is -0.315. The number of aryl methyl sites for hydroxylation is 1. The van der Waals surface area contributed by atoms with Crippen LogP contribution in [0, 0.1) is 0 Å². The summed E-state index contributed by atoms with van der Waals surface area (Å²) in [7, 11) is 1.60. The first-order valence-corrected chi connectivity index (χ1v) is 6.85. The lowest BCUT2D eigenvalue weighted by Crippen LogP contribution is -2.46. The fourth-order valence-corrected chi connectivity index (χ4v) is 2.28. The topological polar surface area (TPSA) is 98.2 Å². The Labute approximate surface area is 126 Å². The lowest BCUT2D eigenvalue weighted by molar-refractivity contribution is 0.0902. The van der Waals surface area contributed by atoms with E-state index in [1.807, 2.05) is 0 Å². The normalized spacial score (nSPS) is 20.8. The maximum Gasteiger partial charge on any atom is 0.263 e. The van der Waals surface area contributed by atoms with Crippen LogP contribution in [0.15, 0.2) is 35.5 Å². The van der Waals surface area contributed by atoms with Crippen LogP contribution in [0.1, 0.15) is 10.4 Å². The van der Waals surface area contributed by atoms with Gasteiger partial charge in [0.15, 0.2) is 5.75 Å². The van der Waals surface area contributed by atoms with E-state index in [-0.39, 0.29) is 23.3 Å². The fraction of sp³-hybridized carbons (Fsp3) is 0.357. The van der Waals surface area contributed by atoms with Gasteiger partial charge in [-0.15, -0.1) is 0 Å². The van der Waals surface area contributed by atoms with Crippen molar-refractivity contribution in [3.63, 3.8) is 0 Å². The van der Waals surface area contributed by atoms with Crippen molar-refractivity contribution in [2.75, 3.05) is 13.2 Å². The third-order valence-electron chi connectivity index (χ3n) is 3.47. The summed E-state index contributed by atoms with van der Waals surface area (Å²) >= 11 is 0. The number of hydrogen-bond acceptors (Lipinski definition) is 5. The zero-order chi connectivity index (χ0) is 15.5. The van der Waals surface area contributed by atoms with Crippen molar-refractivity contribution < 1.29 is 14.3 Å². The minimum Gasteiger partial charge on any atom is -0.482 e. The lowest BCUT2D eigenvalue weighted by Gasteiger charge is -2.19. The highest BCUT2D eigenvalue weighted by Crippen LogP contribution is 2.15. The molecule has 2 N–H and O–H groups in total. The van der Waals surface area contributed by atoms with Gasteiger partial charge in [0.05, 0.1) is 31.6 Å². The highest BCUT2D eigenvalue weighted by atomic mass is 16.5. The number of ether oxygens (including phenoxy) is 2. The first-order valence-electron chi connectivity index (χ1n) is 6.85. The van der Waals surface area contributed by atoms with E-state index in [2.05, 4.69) is 15.5 Å². The molecule has 116 valence electrons. The van der Waals surface area contributed by atoms with E-state index in [1.54, 1.807) is 31.7 Å². The van der Waals surface area contributed by atoms with Crippen molar-refractivity contribution in [3.05, 3.63) is 46.6 Å². The zero-order valence-electron chi connectivity index (χ0n) is 12.0. The van der Waals surface area contributed by atoms with Crippen LogP contribution in [-0.4, -0.2) is 46.0 Å². The van der Waals surface area contributed by atoms with E-state index >= 15 is 0 Å². The molecule has 0 saturated carbocycles. The Kier molecular flexibility index (Phi) is 3.92. The molecule has 2 aromatic rings. The second-order valence-electron chi connectivity index (χ2n) is 5.05. The van der Waals surface area contributed by atoms with Gasteiger partial charge in [-0.1, -0.05) is 0 Å². The molecule has 1 aliphatic heterocycles. The van der Waals surface area contributed by atoms with Gasteiger partial charge in [0.1, 0.15) is 11.7 Å². The Morgan fingerprint density at radius 2 is 2.41 bits per heavy atom. The number of hydrogen-bond donors (Lipinski definition) is 2. The number of nitrogens with one attached hydrogen (secondary N) is 2. The van der Waals surface area contributed by atoms with Crippen LogP contribution in [0.5, 0.6) is 5.75 Å². The molecule has 1 saturated heterocycles. The van der Waals surface area contributed by atoms with E-state index in [0.29, 0.717) is 19.0 Å². The molecule has 8 nitrogen and oxygen atoms in total. The fourth-order valence-electron chi connectivity index (χ4n) is 2.28. The van der Waals surface area contributed by atoms with E-state index < -0.39 is 5.91 Å². The summed E-state index contributed by atoms with van der Waals surface area (Å²) in [4.78, 5) is 24.2. The Bertz CT molecular complexity index is 710. The van der Waals surface area contributed by atoms with Crippen LogP contribution in [0.3, 0.4) is 0 Å². The van der Waals surface area contributed by atoms with Gasteiger partial charge < -0.3 is 19.4 Å². The molecule has 0 bridgehead atoms. The predicted molar refractivity (Wildman–Crippen MR) is 76.8 cm³/mol. The number of carbonyl (C=O) groups excluding carboxylic acids is 1. The number of aromatic nitrogens is 3. The van der Waals surface area contributed by atoms with Crippen LogP contribution in [-0.2, 0) is 11.8 Å². The molecule has 0 spiro atoms. The van der Waals surface area contributed by atoms with Crippen LogP contribution < -0.4 is 15.6 Å². The lowest BCUT2D eigenvalue weighted by atomic mass is 10.2. The molecule has 1 amide bonds. The van der Waals surface area contributed by atoms with Crippen molar-refractivity contribution >= 4 is 5.91 Å². The van der Waals surface area contributed by atoms with Crippen molar-refractivity contribution in [2.45, 2.75) is 12.1 Å². The zero-order valence-corrected chi connectivity index (χ0v) is 12.0. The number of pyridine rings is 1. The van der Waals surface area contributed by atoms with Gasteiger partial charge in [-0.3, -0.25) is 14.7 Å². The quantitative estimate of drug-likeness (QED) is 0.807. The molecule has 2 aromatic heterocycles. The number of H-pyrrole nitrogens is 1. The van der Waals surface area contributed by atoms with Crippen molar-refractivity contribution in [1.82, 2.24) is 20.1 Å². The summed E-state index contributed by atoms with van der Waals surface area (Å²) in [5.41, 5.74) is -0.245. The minimum absolute atomic E-state index is 0.0963. The molecule has 1 aliphatic rings. The molecule has 8 heteroatoms. The summed E-state index contributed by atoms with van der Waals surface area (Å²) in [6.07, 6.45) is 4.44. The van der Waals surface area contributed by atoms with Gasteiger partial charge in [0.25, 0.3) is 11.5 Å². The number of nitrogens with zero attached hydrogens (tertiary/aromatic N) is 2. The van der Waals surface area contributed by atoms with Crippen molar-refractivity contribution in [3.8, 4) is 5.75 Å². The Morgan fingerprint density at radius 1 is 1.55 bits per heavy atom. The summed E-state index contributed by atoms with van der Waals surface area (Å²) < 4.78 is 12.4. The first kappa shape index (κ1) is 14.3. The molecule has 0 radical (unpaired) electrons. The number of carbonyl (C=O) groups is 1. The van der Waals surface area contributed by atoms with Crippen molar-refractivity contribution in [1.29, 1.82) is 0 Å². The van der Waals surface area contributed by atoms with Crippen LogP contribution in [0.4, 0.5) is 0 Å². The van der Waals surface area contributed by atoms with E-state index in [1.165, 1.54) is 10.6 Å². The van der Waals surface area contributed by atoms with Gasteiger partial charge in [-0.2, -0.15) is 5.10 Å². The van der Waals surface area contributed by atoms with Crippen LogP contribution >= 0.6 is 0 Å². The smallest absolute Gasteiger partial charge is 0.263 e. The highest BCUT2D eigenvalue weighted by molar-refractivity contribution is 5.94. The maximum absolute atomic E-state index is 12.3. The molecular formula is C14H16N4O4. The largest absolute Gasteiger partial charge is 0.482 e. The Morgan fingerprint density at radius 3 is 3.18 bits per heavy atom. The molecule has 3 rings (SSSR count). The third kappa shape index (κ3) is 2.86. The van der Waals surface area contributed by atoms with Gasteiger partial charge >= 0.3 is 0 Å². The minimum atomic E-state index is -0.433. The van der Waals surface area contributed by atoms with Crippen LogP contribution in [0.2, 0.25) is 0 Å². The van der Waals surface area contributed by atoms with Crippen molar-refractivity contribution in [2.24, 2.45) is 7.05 Å². The van der Waals surface area contributed by atoms with E-state index in [4.69, 9.17) is 9.47 Å². The van der Waals surface area contributed by atoms with Gasteiger partial charge in [0, 0.05) is 13.2 Å². The number of rotatable bonds is 4. The summed E-state index contributed by atoms with van der Waals surface area (Å²) in [6.45, 7) is 0.699. The molecule has 0 unspecified atom stereocenters. The molecule has 0 aromatic carbocycles. The molecule has 1 fully saturated rings. The van der Waals surface area contributed by atoms with Gasteiger partial charge in [0.2, 0.25) is 0 Å². The standard InChI is InChI=1S/C14H16N4O4/c1-18-4-2-3-10(14(18)20)13(19)17-11-7-21-8-12(11)22-9-5-15-16-6-9/h2-6,11-12H,7-8H2,1H3,(H,15,16)(H,17,19)/t11-,12+/m0/s1. The average Bonchev–Trinajstić information content (AvgIpc) is 3.15. The Hall–Kier alpha value is -2.61. The Balaban J connectivity index is 1.70. The molecule has 22 heavy (non-hydrogen) atoms. The summed E-state index contributed by atoms with van der Waals surface area (Å²) in [5, 5.41) is 9.24. The SMILES string of the molecule is Cn1cccc(C(=O)N[C@H]2COC[C@H]2Oc2cn[nH]c2)c1=O. The highest BCUT2D eigenvalue weighted by Gasteiger charge is 2.32. The van der Waals surface area contributed by atoms with Gasteiger partial charge in [-0.05, 0) is 12.1 Å². The van der Waals surface area contributed by atoms with E-state index in [9.17, 15) is 9.59 Å². The molecule has 3 heterocycles. The summed E-state index contributed by atoms with van der Waals surface area (Å²) in [5.74, 6) is 0.142. The number of amides is 1. The second kappa shape index (κ2) is 6.02. The van der Waals surface area contributed by atoms with E-state index in [0.717, 1.165) is 0 Å². The monoisotopic (exact) mass is 304 g/mol. The second-order valence-corrected chi connectivity index (χ2v) is 5.05. The maximum atomic E-state index is 12.3. The molecule has 0 aliphatic carbocycles. The number of aromatic amines is 1. The molecule has 2 atom stereocenters.